The molecule has 0 spiro atoms. The van der Waals surface area contributed by atoms with Crippen molar-refractivity contribution in [1.82, 2.24) is 25.1 Å². The molecule has 0 aliphatic carbocycles. The SMILES string of the molecule is CCOC(=O)N1CCN(C(=O)C(CCC(=O)OC(C)(C)C)NC(=O)c2cc(N3CCCC[C@H]3CO)nc(-c3ccccc3)n2)CC1. The molecule has 2 N–H and O–H groups in total. The van der Waals surface area contributed by atoms with Gasteiger partial charge in [0, 0.05) is 50.8 Å². The summed E-state index contributed by atoms with van der Waals surface area (Å²) in [6.45, 7) is 8.99. The van der Waals surface area contributed by atoms with Crippen LogP contribution in [0.2, 0.25) is 0 Å². The molecule has 2 aliphatic rings. The molecule has 13 nitrogen and oxygen atoms in total. The van der Waals surface area contributed by atoms with E-state index in [-0.39, 0.29) is 69.9 Å². The summed E-state index contributed by atoms with van der Waals surface area (Å²) in [7, 11) is 0. The lowest BCUT2D eigenvalue weighted by atomic mass is 10.0. The Kier molecular flexibility index (Phi) is 11.9. The number of aromatic nitrogens is 2. The number of esters is 1. The van der Waals surface area contributed by atoms with E-state index < -0.39 is 29.6 Å². The Morgan fingerprint density at radius 3 is 2.35 bits per heavy atom. The summed E-state index contributed by atoms with van der Waals surface area (Å²) in [5.41, 5.74) is 0.0799. The van der Waals surface area contributed by atoms with Crippen molar-refractivity contribution in [1.29, 1.82) is 0 Å². The van der Waals surface area contributed by atoms with Gasteiger partial charge in [0.25, 0.3) is 5.91 Å². The van der Waals surface area contributed by atoms with Gasteiger partial charge in [-0.1, -0.05) is 30.3 Å². The zero-order valence-corrected chi connectivity index (χ0v) is 27.2. The zero-order chi connectivity index (χ0) is 33.3. The highest BCUT2D eigenvalue weighted by molar-refractivity contribution is 5.97. The van der Waals surface area contributed by atoms with Crippen LogP contribution in [0.15, 0.2) is 36.4 Å². The number of carbonyl (C=O) groups is 4. The molecule has 1 unspecified atom stereocenters. The molecule has 13 heteroatoms. The molecule has 1 aromatic carbocycles. The minimum Gasteiger partial charge on any atom is -0.460 e. The van der Waals surface area contributed by atoms with Gasteiger partial charge in [0.15, 0.2) is 5.82 Å². The fourth-order valence-corrected chi connectivity index (χ4v) is 5.60. The summed E-state index contributed by atoms with van der Waals surface area (Å²) in [6.07, 6.45) is 2.20. The van der Waals surface area contributed by atoms with Crippen molar-refractivity contribution in [3.63, 3.8) is 0 Å². The van der Waals surface area contributed by atoms with Crippen LogP contribution >= 0.6 is 0 Å². The van der Waals surface area contributed by atoms with Gasteiger partial charge in [-0.05, 0) is 53.4 Å². The fourth-order valence-electron chi connectivity index (χ4n) is 5.60. The minimum atomic E-state index is -1.05. The summed E-state index contributed by atoms with van der Waals surface area (Å²) in [4.78, 5) is 66.9. The van der Waals surface area contributed by atoms with Crippen LogP contribution in [0.1, 0.15) is 70.3 Å². The predicted molar refractivity (Wildman–Crippen MR) is 171 cm³/mol. The predicted octanol–water partition coefficient (Wildman–Crippen LogP) is 3.02. The van der Waals surface area contributed by atoms with E-state index in [0.29, 0.717) is 23.8 Å². The van der Waals surface area contributed by atoms with Crippen LogP contribution in [0.4, 0.5) is 10.6 Å². The second-order valence-electron chi connectivity index (χ2n) is 12.5. The highest BCUT2D eigenvalue weighted by Crippen LogP contribution is 2.26. The average Bonchev–Trinajstić information content (AvgIpc) is 3.05. The Morgan fingerprint density at radius 1 is 1.00 bits per heavy atom. The van der Waals surface area contributed by atoms with Crippen molar-refractivity contribution >= 4 is 29.7 Å². The maximum Gasteiger partial charge on any atom is 0.409 e. The molecule has 2 aromatic rings. The van der Waals surface area contributed by atoms with E-state index in [9.17, 15) is 24.3 Å². The van der Waals surface area contributed by atoms with Crippen molar-refractivity contribution in [3.05, 3.63) is 42.1 Å². The van der Waals surface area contributed by atoms with E-state index in [1.165, 1.54) is 4.90 Å². The molecule has 2 atom stereocenters. The second-order valence-corrected chi connectivity index (χ2v) is 12.5. The standard InChI is InChI=1S/C33H46N6O7/c1-5-45-32(44)38-19-17-37(18-20-38)31(43)25(14-15-28(41)46-33(2,3)4)35-30(42)26-21-27(39-16-10-9-13-24(39)22-40)36-29(34-26)23-11-7-6-8-12-23/h6-8,11-12,21,24-25,40H,5,9-10,13-20,22H2,1-4H3,(H,35,42)/t24-,25?/m0/s1. The molecule has 4 rings (SSSR count). The number of amides is 3. The van der Waals surface area contributed by atoms with Crippen molar-refractivity contribution < 1.29 is 33.8 Å². The maximum atomic E-state index is 13.9. The first-order valence-electron chi connectivity index (χ1n) is 16.0. The summed E-state index contributed by atoms with van der Waals surface area (Å²) < 4.78 is 10.5. The van der Waals surface area contributed by atoms with Gasteiger partial charge in [-0.3, -0.25) is 14.4 Å². The molecular formula is C33H46N6O7. The molecule has 2 fully saturated rings. The summed E-state index contributed by atoms with van der Waals surface area (Å²) in [6, 6.07) is 9.69. The minimum absolute atomic E-state index is 0.0137. The molecule has 0 radical (unpaired) electrons. The number of carbonyl (C=O) groups excluding carboxylic acids is 4. The largest absolute Gasteiger partial charge is 0.460 e. The van der Waals surface area contributed by atoms with Gasteiger partial charge >= 0.3 is 12.1 Å². The third-order valence-electron chi connectivity index (χ3n) is 7.89. The highest BCUT2D eigenvalue weighted by Gasteiger charge is 2.32. The Hall–Kier alpha value is -4.26. The third kappa shape index (κ3) is 9.38. The van der Waals surface area contributed by atoms with Gasteiger partial charge in [0.05, 0.1) is 19.3 Å². The maximum absolute atomic E-state index is 13.9. The van der Waals surface area contributed by atoms with Crippen LogP contribution in [0.5, 0.6) is 0 Å². The lowest BCUT2D eigenvalue weighted by Gasteiger charge is -2.36. The Bertz CT molecular complexity index is 1360. The summed E-state index contributed by atoms with van der Waals surface area (Å²) >= 11 is 0. The van der Waals surface area contributed by atoms with E-state index in [2.05, 4.69) is 10.3 Å². The Balaban J connectivity index is 1.59. The van der Waals surface area contributed by atoms with Gasteiger partial charge in [-0.25, -0.2) is 14.8 Å². The number of piperazine rings is 1. The van der Waals surface area contributed by atoms with Crippen molar-refractivity contribution in [3.8, 4) is 11.4 Å². The first kappa shape index (κ1) is 34.6. The van der Waals surface area contributed by atoms with Crippen LogP contribution in [0, 0.1) is 0 Å². The molecule has 46 heavy (non-hydrogen) atoms. The van der Waals surface area contributed by atoms with Gasteiger partial charge in [-0.2, -0.15) is 0 Å². The van der Waals surface area contributed by atoms with Gasteiger partial charge in [-0.15, -0.1) is 0 Å². The van der Waals surface area contributed by atoms with Gasteiger partial charge in [0.2, 0.25) is 5.91 Å². The number of hydrogen-bond acceptors (Lipinski definition) is 10. The van der Waals surface area contributed by atoms with E-state index in [1.807, 2.05) is 35.2 Å². The van der Waals surface area contributed by atoms with E-state index >= 15 is 0 Å². The second kappa shape index (κ2) is 15.8. The quantitative estimate of drug-likeness (QED) is 0.371. The Labute approximate surface area is 270 Å². The van der Waals surface area contributed by atoms with Crippen molar-refractivity contribution in [2.24, 2.45) is 0 Å². The highest BCUT2D eigenvalue weighted by atomic mass is 16.6. The molecule has 2 saturated heterocycles. The number of aliphatic hydroxyl groups excluding tert-OH is 1. The fraction of sp³-hybridized carbons (Fsp3) is 0.576. The van der Waals surface area contributed by atoms with Crippen LogP contribution in [-0.4, -0.2) is 112 Å². The van der Waals surface area contributed by atoms with Crippen molar-refractivity contribution in [2.45, 2.75) is 77.5 Å². The van der Waals surface area contributed by atoms with Gasteiger partial charge < -0.3 is 34.6 Å². The molecular weight excluding hydrogens is 592 g/mol. The first-order valence-corrected chi connectivity index (χ1v) is 16.0. The molecule has 2 aliphatic heterocycles. The number of ether oxygens (including phenoxy) is 2. The molecule has 1 aromatic heterocycles. The van der Waals surface area contributed by atoms with E-state index in [4.69, 9.17) is 14.5 Å². The first-order chi connectivity index (χ1) is 22.0. The number of piperidine rings is 1. The number of nitrogens with zero attached hydrogens (tertiary/aromatic N) is 5. The molecule has 250 valence electrons. The van der Waals surface area contributed by atoms with Crippen LogP contribution in [0.3, 0.4) is 0 Å². The summed E-state index contributed by atoms with van der Waals surface area (Å²) in [5.74, 6) is -0.579. The molecule has 3 heterocycles. The smallest absolute Gasteiger partial charge is 0.409 e. The lowest BCUT2D eigenvalue weighted by Crippen LogP contribution is -2.56. The molecule has 0 bridgehead atoms. The van der Waals surface area contributed by atoms with E-state index in [0.717, 1.165) is 19.3 Å². The normalized spacial score (nSPS) is 17.7. The average molecular weight is 639 g/mol. The number of hydrogen-bond donors (Lipinski definition) is 2. The number of benzene rings is 1. The number of rotatable bonds is 10. The zero-order valence-electron chi connectivity index (χ0n) is 27.2. The van der Waals surface area contributed by atoms with Gasteiger partial charge in [0.1, 0.15) is 23.2 Å². The van der Waals surface area contributed by atoms with E-state index in [1.54, 1.807) is 38.7 Å². The molecule has 3 amide bonds. The Morgan fingerprint density at radius 2 is 1.70 bits per heavy atom. The van der Waals surface area contributed by atoms with Crippen molar-refractivity contribution in [2.75, 3.05) is 50.8 Å². The van der Waals surface area contributed by atoms with Crippen LogP contribution in [0.25, 0.3) is 11.4 Å². The van der Waals surface area contributed by atoms with Crippen LogP contribution in [-0.2, 0) is 19.1 Å². The molecule has 0 saturated carbocycles. The van der Waals surface area contributed by atoms with Crippen LogP contribution < -0.4 is 10.2 Å². The number of nitrogens with one attached hydrogen (secondary N) is 1. The topological polar surface area (TPSA) is 154 Å². The monoisotopic (exact) mass is 638 g/mol. The number of aliphatic hydroxyl groups is 1. The lowest BCUT2D eigenvalue weighted by molar-refractivity contribution is -0.155. The number of anilines is 1. The summed E-state index contributed by atoms with van der Waals surface area (Å²) in [5, 5.41) is 12.9. The third-order valence-corrected chi connectivity index (χ3v) is 7.89.